The van der Waals surface area contributed by atoms with Crippen molar-refractivity contribution in [1.29, 1.82) is 0 Å². The molecule has 0 aromatic heterocycles. The van der Waals surface area contributed by atoms with E-state index in [1.54, 1.807) is 11.0 Å². The first kappa shape index (κ1) is 14.9. The van der Waals surface area contributed by atoms with Crippen molar-refractivity contribution in [3.05, 3.63) is 0 Å². The fraction of sp³-hybridized carbons (Fsp3) is 0.714. The van der Waals surface area contributed by atoms with E-state index in [1.807, 2.05) is 0 Å². The number of rotatable bonds is 8. The molecule has 0 saturated carbocycles. The molecule has 0 spiro atoms. The number of Topliss-reactive ketones (excluding diaryl/α,β-unsaturated/α-hetero) is 2. The Labute approximate surface area is 98.2 Å². The SMILES string of the molecule is O=C(CC(=O)C(CS)NO)C(CS)NO. The van der Waals surface area contributed by atoms with Crippen molar-refractivity contribution in [1.82, 2.24) is 11.0 Å². The predicted octanol–water partition coefficient (Wildman–Crippen LogP) is -0.931. The predicted molar refractivity (Wildman–Crippen MR) is 59.8 cm³/mol. The third kappa shape index (κ3) is 4.96. The fourth-order valence-corrected chi connectivity index (χ4v) is 1.42. The standard InChI is InChI=1S/C7H14N2O4S2/c10-6(4(2-14)8-12)1-7(11)5(3-15)9-13/h4-5,8-9,12-15H,1-3H2. The zero-order valence-electron chi connectivity index (χ0n) is 7.88. The molecule has 0 rings (SSSR count). The largest absolute Gasteiger partial charge is 0.316 e. The third-order valence-electron chi connectivity index (χ3n) is 1.80. The molecule has 2 atom stereocenters. The summed E-state index contributed by atoms with van der Waals surface area (Å²) in [7, 11) is 0. The Kier molecular flexibility index (Phi) is 8.02. The number of hydrogen-bond acceptors (Lipinski definition) is 8. The lowest BCUT2D eigenvalue weighted by molar-refractivity contribution is -0.131. The first-order valence-corrected chi connectivity index (χ1v) is 5.43. The van der Waals surface area contributed by atoms with Crippen molar-refractivity contribution in [2.24, 2.45) is 0 Å². The first-order valence-electron chi connectivity index (χ1n) is 4.17. The molecule has 0 aliphatic carbocycles. The summed E-state index contributed by atoms with van der Waals surface area (Å²) in [5, 5.41) is 17.1. The van der Waals surface area contributed by atoms with E-state index in [0.717, 1.165) is 0 Å². The van der Waals surface area contributed by atoms with E-state index in [9.17, 15) is 9.59 Å². The monoisotopic (exact) mass is 254 g/mol. The van der Waals surface area contributed by atoms with Gasteiger partial charge in [-0.15, -0.1) is 0 Å². The number of hydroxylamine groups is 2. The van der Waals surface area contributed by atoms with Gasteiger partial charge in [-0.2, -0.15) is 36.2 Å². The molecule has 0 heterocycles. The maximum Gasteiger partial charge on any atom is 0.160 e. The summed E-state index contributed by atoms with van der Waals surface area (Å²) in [6.45, 7) is 0. The van der Waals surface area contributed by atoms with E-state index in [-0.39, 0.29) is 11.5 Å². The van der Waals surface area contributed by atoms with Gasteiger partial charge >= 0.3 is 0 Å². The van der Waals surface area contributed by atoms with Crippen LogP contribution in [0.2, 0.25) is 0 Å². The molecule has 88 valence electrons. The van der Waals surface area contributed by atoms with Crippen LogP contribution in [0.4, 0.5) is 0 Å². The molecule has 0 fully saturated rings. The Balaban J connectivity index is 4.21. The summed E-state index contributed by atoms with van der Waals surface area (Å²) >= 11 is 7.64. The van der Waals surface area contributed by atoms with Gasteiger partial charge in [-0.25, -0.2) is 0 Å². The molecule has 2 unspecified atom stereocenters. The van der Waals surface area contributed by atoms with Crippen LogP contribution in [0.15, 0.2) is 0 Å². The fourth-order valence-electron chi connectivity index (χ4n) is 0.847. The average molecular weight is 254 g/mol. The molecular formula is C7H14N2O4S2. The molecule has 0 aliphatic heterocycles. The van der Waals surface area contributed by atoms with Crippen LogP contribution in [-0.2, 0) is 9.59 Å². The maximum absolute atomic E-state index is 11.3. The van der Waals surface area contributed by atoms with Crippen LogP contribution in [0.5, 0.6) is 0 Å². The lowest BCUT2D eigenvalue weighted by atomic mass is 10.1. The van der Waals surface area contributed by atoms with Crippen molar-refractivity contribution in [2.45, 2.75) is 18.5 Å². The first-order chi connectivity index (χ1) is 7.10. The number of carbonyl (C=O) groups is 2. The number of ketones is 2. The van der Waals surface area contributed by atoms with Gasteiger partial charge in [-0.3, -0.25) is 9.59 Å². The molecule has 0 aliphatic rings. The number of thiol groups is 2. The minimum Gasteiger partial charge on any atom is -0.316 e. The zero-order chi connectivity index (χ0) is 11.8. The average Bonchev–Trinajstić information content (AvgIpc) is 2.21. The van der Waals surface area contributed by atoms with Crippen LogP contribution < -0.4 is 11.0 Å². The van der Waals surface area contributed by atoms with Crippen LogP contribution in [0.25, 0.3) is 0 Å². The van der Waals surface area contributed by atoms with Gasteiger partial charge in [0.15, 0.2) is 11.6 Å². The summed E-state index contributed by atoms with van der Waals surface area (Å²) in [4.78, 5) is 22.7. The number of carbonyl (C=O) groups excluding carboxylic acids is 2. The molecule has 4 N–H and O–H groups in total. The Morgan fingerprint density at radius 2 is 1.33 bits per heavy atom. The van der Waals surface area contributed by atoms with Gasteiger partial charge in [0.25, 0.3) is 0 Å². The van der Waals surface area contributed by atoms with Gasteiger partial charge in [0.2, 0.25) is 0 Å². The van der Waals surface area contributed by atoms with Crippen LogP contribution in [-0.4, -0.2) is 45.6 Å². The summed E-state index contributed by atoms with van der Waals surface area (Å²) in [6, 6.07) is -1.76. The van der Waals surface area contributed by atoms with Gasteiger partial charge in [0.05, 0.1) is 18.5 Å². The molecule has 0 aromatic rings. The van der Waals surface area contributed by atoms with Crippen molar-refractivity contribution in [3.63, 3.8) is 0 Å². The van der Waals surface area contributed by atoms with Gasteiger partial charge in [-0.05, 0) is 0 Å². The van der Waals surface area contributed by atoms with Crippen LogP contribution in [0.3, 0.4) is 0 Å². The zero-order valence-corrected chi connectivity index (χ0v) is 9.67. The molecule has 0 bridgehead atoms. The number of nitrogens with one attached hydrogen (secondary N) is 2. The minimum absolute atomic E-state index is 0.0840. The molecule has 0 saturated heterocycles. The second-order valence-electron chi connectivity index (χ2n) is 2.84. The van der Waals surface area contributed by atoms with E-state index < -0.39 is 30.1 Å². The van der Waals surface area contributed by atoms with Gasteiger partial charge < -0.3 is 10.4 Å². The topological polar surface area (TPSA) is 98.7 Å². The Morgan fingerprint density at radius 3 is 1.53 bits per heavy atom. The summed E-state index contributed by atoms with van der Waals surface area (Å²) in [6.07, 6.45) is -0.391. The highest BCUT2D eigenvalue weighted by molar-refractivity contribution is 7.80. The lowest BCUT2D eigenvalue weighted by Crippen LogP contribution is -2.42. The highest BCUT2D eigenvalue weighted by atomic mass is 32.1. The van der Waals surface area contributed by atoms with Crippen molar-refractivity contribution >= 4 is 36.8 Å². The molecular weight excluding hydrogens is 240 g/mol. The third-order valence-corrected chi connectivity index (χ3v) is 2.53. The van der Waals surface area contributed by atoms with Crippen molar-refractivity contribution < 1.29 is 20.0 Å². The normalized spacial score (nSPS) is 14.7. The van der Waals surface area contributed by atoms with Gasteiger partial charge in [0.1, 0.15) is 0 Å². The van der Waals surface area contributed by atoms with E-state index in [1.165, 1.54) is 0 Å². The Bertz CT molecular complexity index is 197. The molecule has 15 heavy (non-hydrogen) atoms. The molecule has 6 nitrogen and oxygen atoms in total. The minimum atomic E-state index is -0.878. The Hall–Kier alpha value is -0.120. The smallest absolute Gasteiger partial charge is 0.160 e. The van der Waals surface area contributed by atoms with E-state index in [4.69, 9.17) is 10.4 Å². The maximum atomic E-state index is 11.3. The van der Waals surface area contributed by atoms with E-state index >= 15 is 0 Å². The van der Waals surface area contributed by atoms with Crippen LogP contribution in [0.1, 0.15) is 6.42 Å². The van der Waals surface area contributed by atoms with Crippen molar-refractivity contribution in [3.8, 4) is 0 Å². The highest BCUT2D eigenvalue weighted by Gasteiger charge is 2.23. The van der Waals surface area contributed by atoms with E-state index in [2.05, 4.69) is 25.3 Å². The summed E-state index contributed by atoms with van der Waals surface area (Å²) < 4.78 is 0. The highest BCUT2D eigenvalue weighted by Crippen LogP contribution is 2.00. The summed E-state index contributed by atoms with van der Waals surface area (Å²) in [5.41, 5.74) is 3.50. The van der Waals surface area contributed by atoms with E-state index in [0.29, 0.717) is 0 Å². The molecule has 0 amide bonds. The Morgan fingerprint density at radius 1 is 1.00 bits per heavy atom. The van der Waals surface area contributed by atoms with Gasteiger partial charge in [-0.1, -0.05) is 0 Å². The summed E-state index contributed by atoms with van der Waals surface area (Å²) in [5.74, 6) is -0.805. The van der Waals surface area contributed by atoms with Crippen LogP contribution >= 0.6 is 25.3 Å². The van der Waals surface area contributed by atoms with Gasteiger partial charge in [0, 0.05) is 11.5 Å². The second kappa shape index (κ2) is 8.08. The number of hydrogen-bond donors (Lipinski definition) is 6. The second-order valence-corrected chi connectivity index (χ2v) is 3.57. The molecule has 0 aromatic carbocycles. The van der Waals surface area contributed by atoms with Crippen molar-refractivity contribution in [2.75, 3.05) is 11.5 Å². The quantitative estimate of drug-likeness (QED) is 0.190. The van der Waals surface area contributed by atoms with Crippen LogP contribution in [0, 0.1) is 0 Å². The molecule has 8 heteroatoms. The lowest BCUT2D eigenvalue weighted by Gasteiger charge is -2.13. The molecule has 0 radical (unpaired) electrons.